The van der Waals surface area contributed by atoms with Gasteiger partial charge in [-0.3, -0.25) is 9.59 Å². The van der Waals surface area contributed by atoms with E-state index < -0.39 is 6.04 Å². The number of rotatable bonds is 9. The van der Waals surface area contributed by atoms with Crippen LogP contribution in [0.15, 0.2) is 54.6 Å². The lowest BCUT2D eigenvalue weighted by molar-refractivity contribution is -0.141. The van der Waals surface area contributed by atoms with Crippen LogP contribution in [0, 0.1) is 3.57 Å². The van der Waals surface area contributed by atoms with Crippen LogP contribution in [0.25, 0.3) is 0 Å². The van der Waals surface area contributed by atoms with Crippen molar-refractivity contribution in [3.63, 3.8) is 0 Å². The number of carbonyl (C=O) groups is 2. The molecule has 2 aromatic rings. The maximum Gasteiger partial charge on any atom is 0.261 e. The number of amides is 2. The van der Waals surface area contributed by atoms with Crippen molar-refractivity contribution in [2.45, 2.75) is 39.3 Å². The number of ether oxygens (including phenoxy) is 1. The molecule has 0 aliphatic heterocycles. The summed E-state index contributed by atoms with van der Waals surface area (Å²) in [5.74, 6) is 0.266. The van der Waals surface area contributed by atoms with Gasteiger partial charge in [-0.05, 0) is 79.6 Å². The Labute approximate surface area is 180 Å². The summed E-state index contributed by atoms with van der Waals surface area (Å²) in [7, 11) is 0. The summed E-state index contributed by atoms with van der Waals surface area (Å²) in [5, 5.41) is 2.88. The highest BCUT2D eigenvalue weighted by atomic mass is 127. The minimum Gasteiger partial charge on any atom is -0.484 e. The van der Waals surface area contributed by atoms with E-state index in [0.717, 1.165) is 9.13 Å². The fourth-order valence-corrected chi connectivity index (χ4v) is 3.09. The van der Waals surface area contributed by atoms with E-state index >= 15 is 0 Å². The van der Waals surface area contributed by atoms with Crippen LogP contribution in [0.5, 0.6) is 5.75 Å². The molecule has 6 heteroatoms. The minimum absolute atomic E-state index is 0.0177. The smallest absolute Gasteiger partial charge is 0.261 e. The molecule has 0 unspecified atom stereocenters. The van der Waals surface area contributed by atoms with E-state index in [-0.39, 0.29) is 24.5 Å². The molecule has 1 N–H and O–H groups in total. The zero-order chi connectivity index (χ0) is 20.5. The van der Waals surface area contributed by atoms with Gasteiger partial charge in [0.15, 0.2) is 6.61 Å². The SMILES string of the molecule is CC(C)NC(=O)[C@@H](C)N(CCc1ccccc1)C(=O)COc1ccc(I)cc1. The molecule has 0 aromatic heterocycles. The topological polar surface area (TPSA) is 58.6 Å². The third kappa shape index (κ3) is 7.14. The molecule has 2 aromatic carbocycles. The summed E-state index contributed by atoms with van der Waals surface area (Å²) in [6.07, 6.45) is 0.676. The van der Waals surface area contributed by atoms with Crippen LogP contribution >= 0.6 is 22.6 Å². The number of hydrogen-bond donors (Lipinski definition) is 1. The molecule has 0 fully saturated rings. The van der Waals surface area contributed by atoms with Crippen molar-refractivity contribution in [1.29, 1.82) is 0 Å². The molecule has 0 radical (unpaired) electrons. The maximum atomic E-state index is 12.9. The molecule has 150 valence electrons. The molecule has 0 heterocycles. The molecule has 0 aliphatic rings. The molecule has 28 heavy (non-hydrogen) atoms. The number of nitrogens with zero attached hydrogens (tertiary/aromatic N) is 1. The van der Waals surface area contributed by atoms with Gasteiger partial charge in [-0.15, -0.1) is 0 Å². The molecule has 0 bridgehead atoms. The van der Waals surface area contributed by atoms with E-state index in [9.17, 15) is 9.59 Å². The third-order valence-corrected chi connectivity index (χ3v) is 4.98. The summed E-state index contributed by atoms with van der Waals surface area (Å²) in [4.78, 5) is 26.9. The molecule has 1 atom stereocenters. The van der Waals surface area contributed by atoms with Crippen LogP contribution in [0.1, 0.15) is 26.3 Å². The summed E-state index contributed by atoms with van der Waals surface area (Å²) < 4.78 is 6.74. The Morgan fingerprint density at radius 2 is 1.68 bits per heavy atom. The van der Waals surface area contributed by atoms with E-state index in [1.807, 2.05) is 68.4 Å². The second kappa shape index (κ2) is 11.0. The molecule has 5 nitrogen and oxygen atoms in total. The second-order valence-electron chi connectivity index (χ2n) is 6.90. The largest absolute Gasteiger partial charge is 0.484 e. The van der Waals surface area contributed by atoms with E-state index in [1.165, 1.54) is 0 Å². The Morgan fingerprint density at radius 3 is 2.29 bits per heavy atom. The Bertz CT molecular complexity index is 763. The molecule has 2 rings (SSSR count). The first-order valence-corrected chi connectivity index (χ1v) is 10.5. The summed E-state index contributed by atoms with van der Waals surface area (Å²) in [6.45, 7) is 5.91. The van der Waals surface area contributed by atoms with E-state index in [2.05, 4.69) is 27.9 Å². The predicted molar refractivity (Wildman–Crippen MR) is 119 cm³/mol. The lowest BCUT2D eigenvalue weighted by atomic mass is 10.1. The second-order valence-corrected chi connectivity index (χ2v) is 8.15. The quantitative estimate of drug-likeness (QED) is 0.542. The summed E-state index contributed by atoms with van der Waals surface area (Å²) >= 11 is 2.22. The van der Waals surface area contributed by atoms with Gasteiger partial charge in [0.2, 0.25) is 5.91 Å². The van der Waals surface area contributed by atoms with Gasteiger partial charge in [-0.1, -0.05) is 30.3 Å². The fraction of sp³-hybridized carbons (Fsp3) is 0.364. The van der Waals surface area contributed by atoms with Gasteiger partial charge in [0.25, 0.3) is 5.91 Å². The number of carbonyl (C=O) groups excluding carboxylic acids is 2. The molecular weight excluding hydrogens is 467 g/mol. The molecule has 0 saturated heterocycles. The number of nitrogens with one attached hydrogen (secondary N) is 1. The Balaban J connectivity index is 2.05. The number of halogens is 1. The Morgan fingerprint density at radius 1 is 1.04 bits per heavy atom. The molecule has 2 amide bonds. The highest BCUT2D eigenvalue weighted by molar-refractivity contribution is 14.1. The maximum absolute atomic E-state index is 12.9. The average molecular weight is 494 g/mol. The summed E-state index contributed by atoms with van der Waals surface area (Å²) in [6, 6.07) is 16.9. The summed E-state index contributed by atoms with van der Waals surface area (Å²) in [5.41, 5.74) is 1.12. The van der Waals surface area contributed by atoms with E-state index in [4.69, 9.17) is 4.74 Å². The van der Waals surface area contributed by atoms with Gasteiger partial charge in [0.05, 0.1) is 0 Å². The predicted octanol–water partition coefficient (Wildman–Crippen LogP) is 3.65. The zero-order valence-corrected chi connectivity index (χ0v) is 18.7. The van der Waals surface area contributed by atoms with Gasteiger partial charge in [-0.2, -0.15) is 0 Å². The fourth-order valence-electron chi connectivity index (χ4n) is 2.73. The Kier molecular flexibility index (Phi) is 8.76. The van der Waals surface area contributed by atoms with Crippen LogP contribution in [0.2, 0.25) is 0 Å². The number of hydrogen-bond acceptors (Lipinski definition) is 3. The standard InChI is InChI=1S/C22H27IN2O3/c1-16(2)24-22(27)17(3)25(14-13-18-7-5-4-6-8-18)21(26)15-28-20-11-9-19(23)10-12-20/h4-12,16-17H,13-15H2,1-3H3,(H,24,27)/t17-/m1/s1. The van der Waals surface area contributed by atoms with Crippen molar-refractivity contribution >= 4 is 34.4 Å². The van der Waals surface area contributed by atoms with Gasteiger partial charge in [0, 0.05) is 16.2 Å². The number of benzene rings is 2. The van der Waals surface area contributed by atoms with Gasteiger partial charge < -0.3 is 15.0 Å². The lowest BCUT2D eigenvalue weighted by Crippen LogP contribution is -2.51. The van der Waals surface area contributed by atoms with Crippen molar-refractivity contribution < 1.29 is 14.3 Å². The molecule has 0 spiro atoms. The van der Waals surface area contributed by atoms with Crippen LogP contribution in [-0.2, 0) is 16.0 Å². The first-order valence-electron chi connectivity index (χ1n) is 9.39. The van der Waals surface area contributed by atoms with Crippen molar-refractivity contribution in [1.82, 2.24) is 10.2 Å². The molecule has 0 aliphatic carbocycles. The Hall–Kier alpha value is -2.09. The van der Waals surface area contributed by atoms with E-state index in [1.54, 1.807) is 11.8 Å². The van der Waals surface area contributed by atoms with Gasteiger partial charge in [0.1, 0.15) is 11.8 Å². The first-order chi connectivity index (χ1) is 13.4. The van der Waals surface area contributed by atoms with E-state index in [0.29, 0.717) is 18.7 Å². The van der Waals surface area contributed by atoms with Crippen LogP contribution < -0.4 is 10.1 Å². The van der Waals surface area contributed by atoms with Crippen molar-refractivity contribution in [2.75, 3.05) is 13.2 Å². The third-order valence-electron chi connectivity index (χ3n) is 4.26. The van der Waals surface area contributed by atoms with Crippen LogP contribution in [0.3, 0.4) is 0 Å². The molecule has 0 saturated carbocycles. The average Bonchev–Trinajstić information content (AvgIpc) is 2.67. The van der Waals surface area contributed by atoms with Crippen molar-refractivity contribution in [3.8, 4) is 5.75 Å². The normalized spacial score (nSPS) is 11.8. The van der Waals surface area contributed by atoms with Gasteiger partial charge >= 0.3 is 0 Å². The highest BCUT2D eigenvalue weighted by Crippen LogP contribution is 2.14. The minimum atomic E-state index is -0.570. The van der Waals surface area contributed by atoms with Gasteiger partial charge in [-0.25, -0.2) is 0 Å². The monoisotopic (exact) mass is 494 g/mol. The van der Waals surface area contributed by atoms with Crippen LogP contribution in [0.4, 0.5) is 0 Å². The van der Waals surface area contributed by atoms with Crippen molar-refractivity contribution in [2.24, 2.45) is 0 Å². The van der Waals surface area contributed by atoms with Crippen LogP contribution in [-0.4, -0.2) is 41.9 Å². The van der Waals surface area contributed by atoms with Crippen molar-refractivity contribution in [3.05, 3.63) is 63.7 Å². The first kappa shape index (κ1) is 22.2. The molecular formula is C22H27IN2O3. The lowest BCUT2D eigenvalue weighted by Gasteiger charge is -2.29. The zero-order valence-electron chi connectivity index (χ0n) is 16.5. The highest BCUT2D eigenvalue weighted by Gasteiger charge is 2.26.